The molecule has 2 heterocycles. The van der Waals surface area contributed by atoms with Crippen molar-refractivity contribution in [3.8, 4) is 5.75 Å². The molecule has 0 bridgehead atoms. The normalized spacial score (nSPS) is 10.8. The number of fused-ring (bicyclic) bond motifs is 1. The minimum absolute atomic E-state index is 0.259. The SMILES string of the molecule is Oc1ccc(NCc2nn3cnnc3s2)cc1. The van der Waals surface area contributed by atoms with E-state index in [0.717, 1.165) is 15.7 Å². The first-order chi connectivity index (χ1) is 8.31. The van der Waals surface area contributed by atoms with E-state index in [1.807, 2.05) is 12.1 Å². The van der Waals surface area contributed by atoms with E-state index < -0.39 is 0 Å². The molecule has 2 aromatic heterocycles. The van der Waals surface area contributed by atoms with Gasteiger partial charge in [0.1, 0.15) is 17.1 Å². The number of benzene rings is 1. The molecule has 6 nitrogen and oxygen atoms in total. The summed E-state index contributed by atoms with van der Waals surface area (Å²) >= 11 is 1.49. The molecule has 0 aliphatic carbocycles. The van der Waals surface area contributed by atoms with Crippen LogP contribution in [-0.2, 0) is 6.54 Å². The molecule has 0 amide bonds. The van der Waals surface area contributed by atoms with Crippen molar-refractivity contribution in [2.75, 3.05) is 5.32 Å². The molecule has 0 aliphatic heterocycles. The summed E-state index contributed by atoms with van der Waals surface area (Å²) in [6.07, 6.45) is 1.58. The van der Waals surface area contributed by atoms with Crippen LogP contribution in [0.5, 0.6) is 5.75 Å². The number of anilines is 1. The zero-order valence-corrected chi connectivity index (χ0v) is 9.55. The Bertz CT molecular complexity index is 601. The van der Waals surface area contributed by atoms with E-state index in [-0.39, 0.29) is 5.75 Å². The quantitative estimate of drug-likeness (QED) is 0.686. The summed E-state index contributed by atoms with van der Waals surface area (Å²) in [7, 11) is 0. The summed E-state index contributed by atoms with van der Waals surface area (Å²) in [5.41, 5.74) is 0.939. The summed E-state index contributed by atoms with van der Waals surface area (Å²) in [4.78, 5) is 0.785. The van der Waals surface area contributed by atoms with Crippen molar-refractivity contribution in [1.82, 2.24) is 19.8 Å². The number of rotatable bonds is 3. The minimum Gasteiger partial charge on any atom is -0.508 e. The van der Waals surface area contributed by atoms with E-state index in [1.54, 1.807) is 23.0 Å². The van der Waals surface area contributed by atoms with Crippen LogP contribution in [0, 0.1) is 0 Å². The average molecular weight is 247 g/mol. The smallest absolute Gasteiger partial charge is 0.234 e. The standard InChI is InChI=1S/C10H9N5OS/c16-8-3-1-7(2-4-8)11-5-9-14-15-6-12-13-10(15)17-9/h1-4,6,11,16H,5H2. The van der Waals surface area contributed by atoms with Crippen LogP contribution in [0.2, 0.25) is 0 Å². The Morgan fingerprint density at radius 1 is 1.29 bits per heavy atom. The summed E-state index contributed by atoms with van der Waals surface area (Å²) in [6, 6.07) is 6.91. The van der Waals surface area contributed by atoms with Crippen molar-refractivity contribution >= 4 is 22.0 Å². The zero-order chi connectivity index (χ0) is 11.7. The third-order valence-corrected chi connectivity index (χ3v) is 3.15. The van der Waals surface area contributed by atoms with Gasteiger partial charge in [-0.1, -0.05) is 11.3 Å². The van der Waals surface area contributed by atoms with Crippen molar-refractivity contribution < 1.29 is 5.11 Å². The molecular formula is C10H9N5OS. The zero-order valence-electron chi connectivity index (χ0n) is 8.74. The van der Waals surface area contributed by atoms with Gasteiger partial charge in [0, 0.05) is 5.69 Å². The first kappa shape index (κ1) is 10.0. The maximum Gasteiger partial charge on any atom is 0.234 e. The molecule has 0 spiro atoms. The molecule has 3 rings (SSSR count). The number of nitrogens with one attached hydrogen (secondary N) is 1. The predicted molar refractivity (Wildman–Crippen MR) is 64.1 cm³/mol. The number of hydrogen-bond donors (Lipinski definition) is 2. The van der Waals surface area contributed by atoms with Crippen LogP contribution in [0.3, 0.4) is 0 Å². The molecule has 0 fully saturated rings. The maximum absolute atomic E-state index is 9.15. The maximum atomic E-state index is 9.15. The Kier molecular flexibility index (Phi) is 2.37. The second-order valence-corrected chi connectivity index (χ2v) is 4.49. The highest BCUT2D eigenvalue weighted by molar-refractivity contribution is 7.16. The Balaban J connectivity index is 1.71. The largest absolute Gasteiger partial charge is 0.508 e. The number of hydrogen-bond acceptors (Lipinski definition) is 6. The number of phenolic OH excluding ortho intramolecular Hbond substituents is 1. The fraction of sp³-hybridized carbons (Fsp3) is 0.100. The molecule has 0 radical (unpaired) electrons. The number of nitrogens with zero attached hydrogens (tertiary/aromatic N) is 4. The van der Waals surface area contributed by atoms with Gasteiger partial charge in [-0.25, -0.2) is 0 Å². The Hall–Kier alpha value is -2.15. The summed E-state index contributed by atoms with van der Waals surface area (Å²) in [5, 5.41) is 25.3. The second kappa shape index (κ2) is 4.02. The van der Waals surface area contributed by atoms with Gasteiger partial charge in [0.15, 0.2) is 0 Å². The average Bonchev–Trinajstić information content (AvgIpc) is 2.88. The Labute approximate surface area is 101 Å². The van der Waals surface area contributed by atoms with Crippen molar-refractivity contribution in [2.45, 2.75) is 6.54 Å². The molecule has 17 heavy (non-hydrogen) atoms. The Morgan fingerprint density at radius 2 is 2.12 bits per heavy atom. The van der Waals surface area contributed by atoms with Crippen LogP contribution >= 0.6 is 11.3 Å². The van der Waals surface area contributed by atoms with E-state index in [2.05, 4.69) is 20.6 Å². The van der Waals surface area contributed by atoms with Gasteiger partial charge < -0.3 is 10.4 Å². The lowest BCUT2D eigenvalue weighted by molar-refractivity contribution is 0.475. The van der Waals surface area contributed by atoms with Gasteiger partial charge in [0.05, 0.1) is 6.54 Å². The van der Waals surface area contributed by atoms with Crippen LogP contribution in [0.4, 0.5) is 5.69 Å². The highest BCUT2D eigenvalue weighted by Gasteiger charge is 2.04. The fourth-order valence-corrected chi connectivity index (χ4v) is 2.18. The molecule has 86 valence electrons. The third kappa shape index (κ3) is 2.04. The molecule has 0 unspecified atom stereocenters. The molecule has 1 aromatic carbocycles. The van der Waals surface area contributed by atoms with Crippen molar-refractivity contribution in [1.29, 1.82) is 0 Å². The summed E-state index contributed by atoms with van der Waals surface area (Å²) in [5.74, 6) is 0.259. The van der Waals surface area contributed by atoms with E-state index in [4.69, 9.17) is 5.11 Å². The van der Waals surface area contributed by atoms with Crippen LogP contribution in [0.1, 0.15) is 5.01 Å². The van der Waals surface area contributed by atoms with Gasteiger partial charge >= 0.3 is 0 Å². The van der Waals surface area contributed by atoms with Crippen LogP contribution in [0.25, 0.3) is 4.96 Å². The lowest BCUT2D eigenvalue weighted by Gasteiger charge is -2.03. The summed E-state index contributed by atoms with van der Waals surface area (Å²) in [6.45, 7) is 0.624. The fourth-order valence-electron chi connectivity index (χ4n) is 1.43. The lowest BCUT2D eigenvalue weighted by Crippen LogP contribution is -1.99. The monoisotopic (exact) mass is 247 g/mol. The van der Waals surface area contributed by atoms with Gasteiger partial charge in [-0.05, 0) is 24.3 Å². The van der Waals surface area contributed by atoms with E-state index in [1.165, 1.54) is 11.3 Å². The van der Waals surface area contributed by atoms with Gasteiger partial charge in [0.2, 0.25) is 4.96 Å². The first-order valence-corrected chi connectivity index (χ1v) is 5.81. The van der Waals surface area contributed by atoms with E-state index in [9.17, 15) is 0 Å². The minimum atomic E-state index is 0.259. The molecular weight excluding hydrogens is 238 g/mol. The molecule has 0 aliphatic rings. The molecule has 0 saturated carbocycles. The molecule has 0 saturated heterocycles. The van der Waals surface area contributed by atoms with Gasteiger partial charge in [-0.15, -0.1) is 10.2 Å². The topological polar surface area (TPSA) is 75.3 Å². The first-order valence-electron chi connectivity index (χ1n) is 5.00. The van der Waals surface area contributed by atoms with Crippen molar-refractivity contribution in [2.24, 2.45) is 0 Å². The van der Waals surface area contributed by atoms with Crippen LogP contribution < -0.4 is 5.32 Å². The highest BCUT2D eigenvalue weighted by Crippen LogP contribution is 2.16. The van der Waals surface area contributed by atoms with Crippen molar-refractivity contribution in [3.63, 3.8) is 0 Å². The molecule has 2 N–H and O–H groups in total. The number of phenols is 1. The number of aromatic nitrogens is 4. The van der Waals surface area contributed by atoms with E-state index in [0.29, 0.717) is 6.54 Å². The van der Waals surface area contributed by atoms with Gasteiger partial charge in [-0.3, -0.25) is 0 Å². The second-order valence-electron chi connectivity index (χ2n) is 3.45. The molecule has 7 heteroatoms. The predicted octanol–water partition coefficient (Wildman–Crippen LogP) is 1.50. The third-order valence-electron chi connectivity index (χ3n) is 2.24. The molecule has 3 aromatic rings. The van der Waals surface area contributed by atoms with Gasteiger partial charge in [0.25, 0.3) is 0 Å². The van der Waals surface area contributed by atoms with E-state index >= 15 is 0 Å². The van der Waals surface area contributed by atoms with Crippen molar-refractivity contribution in [3.05, 3.63) is 35.6 Å². The van der Waals surface area contributed by atoms with Crippen LogP contribution in [0.15, 0.2) is 30.6 Å². The van der Waals surface area contributed by atoms with Gasteiger partial charge in [-0.2, -0.15) is 9.61 Å². The summed E-state index contributed by atoms with van der Waals surface area (Å²) < 4.78 is 1.65. The highest BCUT2D eigenvalue weighted by atomic mass is 32.1. The number of aromatic hydroxyl groups is 1. The molecule has 0 atom stereocenters. The lowest BCUT2D eigenvalue weighted by atomic mass is 10.3. The Morgan fingerprint density at radius 3 is 2.88 bits per heavy atom. The van der Waals surface area contributed by atoms with Crippen LogP contribution in [-0.4, -0.2) is 24.9 Å².